The predicted octanol–water partition coefficient (Wildman–Crippen LogP) is 2.44. The first-order valence-corrected chi connectivity index (χ1v) is 5.99. The number of halogens is 2. The number of hydrogen-bond donors (Lipinski definition) is 2. The molecule has 4 nitrogen and oxygen atoms in total. The summed E-state index contributed by atoms with van der Waals surface area (Å²) in [5, 5.41) is 3.06. The first kappa shape index (κ1) is 10.7. The summed E-state index contributed by atoms with van der Waals surface area (Å²) in [7, 11) is 1.87. The fourth-order valence-corrected chi connectivity index (χ4v) is 2.56. The summed E-state index contributed by atoms with van der Waals surface area (Å²) >= 11 is 3.51. The van der Waals surface area contributed by atoms with Gasteiger partial charge in [0, 0.05) is 6.54 Å². The number of imidazole rings is 2. The molecule has 6 heteroatoms. The van der Waals surface area contributed by atoms with Crippen molar-refractivity contribution in [3.05, 3.63) is 34.3 Å². The molecule has 3 aromatic rings. The Morgan fingerprint density at radius 2 is 2.35 bits per heavy atom. The number of rotatable bonds is 2. The van der Waals surface area contributed by atoms with Gasteiger partial charge in [-0.25, -0.2) is 9.37 Å². The smallest absolute Gasteiger partial charge is 0.213 e. The number of hydrogen-bond acceptors (Lipinski definition) is 2. The zero-order valence-corrected chi connectivity index (χ0v) is 10.7. The van der Waals surface area contributed by atoms with Crippen LogP contribution >= 0.6 is 15.9 Å². The summed E-state index contributed by atoms with van der Waals surface area (Å²) in [5.74, 6) is 0.337. The Balaban J connectivity index is 2.38. The second kappa shape index (κ2) is 3.82. The van der Waals surface area contributed by atoms with Gasteiger partial charge in [0.2, 0.25) is 5.78 Å². The van der Waals surface area contributed by atoms with Crippen LogP contribution in [-0.2, 0) is 6.54 Å². The molecular formula is C11H10BrFN4. The van der Waals surface area contributed by atoms with Crippen LogP contribution in [0.1, 0.15) is 5.69 Å². The lowest BCUT2D eigenvalue weighted by Gasteiger charge is -1.97. The first-order valence-electron chi connectivity index (χ1n) is 5.20. The van der Waals surface area contributed by atoms with Crippen molar-refractivity contribution < 1.29 is 4.39 Å². The van der Waals surface area contributed by atoms with Gasteiger partial charge in [0.15, 0.2) is 5.82 Å². The van der Waals surface area contributed by atoms with Crippen LogP contribution in [0, 0.1) is 5.82 Å². The number of nitrogens with one attached hydrogen (secondary N) is 2. The molecule has 88 valence electrons. The Labute approximate surface area is 105 Å². The van der Waals surface area contributed by atoms with Gasteiger partial charge in [-0.1, -0.05) is 6.07 Å². The summed E-state index contributed by atoms with van der Waals surface area (Å²) in [6.45, 7) is 0.695. The minimum absolute atomic E-state index is 0.304. The molecule has 0 fully saturated rings. The van der Waals surface area contributed by atoms with E-state index in [4.69, 9.17) is 0 Å². The van der Waals surface area contributed by atoms with Crippen molar-refractivity contribution >= 4 is 32.7 Å². The van der Waals surface area contributed by atoms with E-state index in [0.717, 1.165) is 15.8 Å². The molecular weight excluding hydrogens is 287 g/mol. The van der Waals surface area contributed by atoms with Crippen molar-refractivity contribution in [2.45, 2.75) is 6.54 Å². The van der Waals surface area contributed by atoms with Crippen molar-refractivity contribution in [1.29, 1.82) is 0 Å². The Morgan fingerprint density at radius 1 is 1.53 bits per heavy atom. The molecule has 3 rings (SSSR count). The van der Waals surface area contributed by atoms with E-state index in [2.05, 4.69) is 31.2 Å². The molecule has 0 aliphatic rings. The quantitative estimate of drug-likeness (QED) is 0.763. The molecule has 0 amide bonds. The van der Waals surface area contributed by atoms with Gasteiger partial charge in [0.05, 0.1) is 11.2 Å². The zero-order valence-electron chi connectivity index (χ0n) is 9.09. The van der Waals surface area contributed by atoms with E-state index in [0.29, 0.717) is 17.8 Å². The van der Waals surface area contributed by atoms with E-state index in [1.165, 1.54) is 6.07 Å². The summed E-state index contributed by atoms with van der Waals surface area (Å²) in [6, 6.07) is 4.94. The topological polar surface area (TPSA) is 45.1 Å². The van der Waals surface area contributed by atoms with Crippen molar-refractivity contribution in [2.24, 2.45) is 0 Å². The van der Waals surface area contributed by atoms with E-state index in [1.807, 2.05) is 17.5 Å². The minimum Gasteiger partial charge on any atom is -0.325 e. The highest BCUT2D eigenvalue weighted by Gasteiger charge is 2.15. The Bertz CT molecular complexity index is 700. The number of aromatic nitrogens is 3. The third-order valence-electron chi connectivity index (χ3n) is 2.70. The van der Waals surface area contributed by atoms with E-state index < -0.39 is 0 Å². The number of benzene rings is 1. The van der Waals surface area contributed by atoms with Gasteiger partial charge in [-0.2, -0.15) is 0 Å². The summed E-state index contributed by atoms with van der Waals surface area (Å²) < 4.78 is 16.3. The van der Waals surface area contributed by atoms with E-state index in [9.17, 15) is 4.39 Å². The lowest BCUT2D eigenvalue weighted by atomic mass is 10.3. The molecule has 1 aromatic carbocycles. The van der Waals surface area contributed by atoms with Crippen molar-refractivity contribution in [1.82, 2.24) is 19.7 Å². The molecule has 0 saturated heterocycles. The number of aromatic amines is 1. The highest BCUT2D eigenvalue weighted by atomic mass is 79.9. The number of para-hydroxylation sites is 1. The van der Waals surface area contributed by atoms with Gasteiger partial charge in [0.1, 0.15) is 10.1 Å². The first-order chi connectivity index (χ1) is 8.22. The fraction of sp³-hybridized carbons (Fsp3) is 0.182. The Morgan fingerprint density at radius 3 is 3.12 bits per heavy atom. The third kappa shape index (κ3) is 1.48. The SMILES string of the molecule is CNCc1[nH]c2nc3c(F)cccc3n2c1Br. The zero-order chi connectivity index (χ0) is 12.0. The highest BCUT2D eigenvalue weighted by Crippen LogP contribution is 2.25. The average Bonchev–Trinajstić information content (AvgIpc) is 2.80. The van der Waals surface area contributed by atoms with Crippen molar-refractivity contribution in [3.63, 3.8) is 0 Å². The largest absolute Gasteiger partial charge is 0.325 e. The van der Waals surface area contributed by atoms with Gasteiger partial charge < -0.3 is 10.3 Å². The molecule has 0 atom stereocenters. The Hall–Kier alpha value is -1.40. The highest BCUT2D eigenvalue weighted by molar-refractivity contribution is 9.10. The maximum atomic E-state index is 13.6. The molecule has 0 saturated carbocycles. The van der Waals surface area contributed by atoms with Crippen LogP contribution in [0.25, 0.3) is 16.8 Å². The van der Waals surface area contributed by atoms with Crippen LogP contribution in [0.3, 0.4) is 0 Å². The van der Waals surface area contributed by atoms with E-state index in [-0.39, 0.29) is 5.82 Å². The Kier molecular flexibility index (Phi) is 2.41. The molecule has 0 bridgehead atoms. The predicted molar refractivity (Wildman–Crippen MR) is 67.5 cm³/mol. The summed E-state index contributed by atoms with van der Waals surface area (Å²) in [4.78, 5) is 7.41. The standard InChI is InChI=1S/C11H10BrFN4/c1-14-5-7-10(12)17-8-4-2-3-6(13)9(8)16-11(17)15-7/h2-4,14H,5H2,1H3,(H,15,16). The molecule has 2 heterocycles. The number of fused-ring (bicyclic) bond motifs is 3. The van der Waals surface area contributed by atoms with Gasteiger partial charge in [0.25, 0.3) is 0 Å². The minimum atomic E-state index is -0.304. The molecule has 0 aliphatic carbocycles. The third-order valence-corrected chi connectivity index (χ3v) is 3.53. The molecule has 0 radical (unpaired) electrons. The van der Waals surface area contributed by atoms with Crippen LogP contribution in [0.4, 0.5) is 4.39 Å². The van der Waals surface area contributed by atoms with E-state index >= 15 is 0 Å². The van der Waals surface area contributed by atoms with Crippen LogP contribution in [0.15, 0.2) is 22.8 Å². The molecule has 0 unspecified atom stereocenters. The van der Waals surface area contributed by atoms with Gasteiger partial charge in [-0.15, -0.1) is 0 Å². The lowest BCUT2D eigenvalue weighted by molar-refractivity contribution is 0.637. The molecule has 2 aromatic heterocycles. The van der Waals surface area contributed by atoms with Crippen LogP contribution < -0.4 is 5.32 Å². The monoisotopic (exact) mass is 296 g/mol. The van der Waals surface area contributed by atoms with E-state index in [1.54, 1.807) is 6.07 Å². The maximum absolute atomic E-state index is 13.6. The van der Waals surface area contributed by atoms with Gasteiger partial charge in [-0.05, 0) is 35.1 Å². The van der Waals surface area contributed by atoms with Crippen molar-refractivity contribution in [2.75, 3.05) is 7.05 Å². The van der Waals surface area contributed by atoms with Crippen LogP contribution in [0.2, 0.25) is 0 Å². The molecule has 0 aliphatic heterocycles. The van der Waals surface area contributed by atoms with Gasteiger partial charge in [-0.3, -0.25) is 4.40 Å². The van der Waals surface area contributed by atoms with Gasteiger partial charge >= 0.3 is 0 Å². The van der Waals surface area contributed by atoms with Crippen molar-refractivity contribution in [3.8, 4) is 0 Å². The van der Waals surface area contributed by atoms with Crippen LogP contribution in [0.5, 0.6) is 0 Å². The molecule has 2 N–H and O–H groups in total. The second-order valence-corrected chi connectivity index (χ2v) is 4.55. The lowest BCUT2D eigenvalue weighted by Crippen LogP contribution is -2.05. The van der Waals surface area contributed by atoms with Crippen LogP contribution in [-0.4, -0.2) is 21.4 Å². The summed E-state index contributed by atoms with van der Waals surface area (Å²) in [6.07, 6.45) is 0. The fourth-order valence-electron chi connectivity index (χ4n) is 1.96. The number of nitrogens with zero attached hydrogens (tertiary/aromatic N) is 2. The number of H-pyrrole nitrogens is 1. The second-order valence-electron chi connectivity index (χ2n) is 3.80. The average molecular weight is 297 g/mol. The maximum Gasteiger partial charge on any atom is 0.213 e. The molecule has 0 spiro atoms. The summed E-state index contributed by atoms with van der Waals surface area (Å²) in [5.41, 5.74) is 2.13. The molecule has 17 heavy (non-hydrogen) atoms. The normalized spacial score (nSPS) is 11.7.